The van der Waals surface area contributed by atoms with Crippen molar-refractivity contribution < 1.29 is 14.7 Å². The molecule has 1 unspecified atom stereocenters. The summed E-state index contributed by atoms with van der Waals surface area (Å²) in [4.78, 5) is 22.5. The van der Waals surface area contributed by atoms with Gasteiger partial charge < -0.3 is 10.4 Å². The molecule has 0 radical (unpaired) electrons. The zero-order valence-electron chi connectivity index (χ0n) is 10.0. The molecule has 1 saturated carbocycles. The van der Waals surface area contributed by atoms with Crippen molar-refractivity contribution in [1.29, 1.82) is 0 Å². The van der Waals surface area contributed by atoms with Gasteiger partial charge in [0.25, 0.3) is 0 Å². The third-order valence-electron chi connectivity index (χ3n) is 3.47. The summed E-state index contributed by atoms with van der Waals surface area (Å²) in [5.74, 6) is -0.661. The number of carbonyl (C=O) groups is 2. The number of carbonyl (C=O) groups excluding carboxylic acids is 1. The maximum Gasteiger partial charge on any atom is 0.306 e. The molecule has 1 aliphatic carbocycles. The molecule has 0 aromatic rings. The van der Waals surface area contributed by atoms with Gasteiger partial charge in [-0.05, 0) is 25.2 Å². The summed E-state index contributed by atoms with van der Waals surface area (Å²) >= 11 is 0. The Bertz CT molecular complexity index is 265. The first kappa shape index (κ1) is 13.0. The van der Waals surface area contributed by atoms with Gasteiger partial charge >= 0.3 is 5.97 Å². The van der Waals surface area contributed by atoms with E-state index in [1.807, 2.05) is 0 Å². The zero-order chi connectivity index (χ0) is 12.1. The first-order valence-corrected chi connectivity index (χ1v) is 6.05. The van der Waals surface area contributed by atoms with Gasteiger partial charge in [0.05, 0.1) is 5.92 Å². The number of amides is 1. The van der Waals surface area contributed by atoms with E-state index >= 15 is 0 Å². The standard InChI is InChI=1S/C12H21NO3/c1-3-8(2)7-13-11(14)9-4-5-10(6-9)12(15)16/h8-10H,3-7H2,1-2H3,(H,13,14)(H,15,16)/t8?,9-,10+/m1/s1. The summed E-state index contributed by atoms with van der Waals surface area (Å²) in [5, 5.41) is 11.7. The average Bonchev–Trinajstić information content (AvgIpc) is 2.74. The first-order chi connectivity index (χ1) is 7.54. The maximum absolute atomic E-state index is 11.7. The SMILES string of the molecule is CCC(C)CNC(=O)[C@@H]1CC[C@H](C(=O)O)C1. The Hall–Kier alpha value is -1.06. The average molecular weight is 227 g/mol. The van der Waals surface area contributed by atoms with E-state index in [1.165, 1.54) is 0 Å². The summed E-state index contributed by atoms with van der Waals surface area (Å²) in [6.45, 7) is 4.88. The highest BCUT2D eigenvalue weighted by atomic mass is 16.4. The quantitative estimate of drug-likeness (QED) is 0.750. The van der Waals surface area contributed by atoms with Crippen LogP contribution in [0.3, 0.4) is 0 Å². The third kappa shape index (κ3) is 3.51. The van der Waals surface area contributed by atoms with Crippen molar-refractivity contribution in [3.63, 3.8) is 0 Å². The Morgan fingerprint density at radius 3 is 2.50 bits per heavy atom. The van der Waals surface area contributed by atoms with Gasteiger partial charge in [-0.1, -0.05) is 20.3 Å². The van der Waals surface area contributed by atoms with Crippen LogP contribution in [0.4, 0.5) is 0 Å². The van der Waals surface area contributed by atoms with Crippen LogP contribution in [0.1, 0.15) is 39.5 Å². The van der Waals surface area contributed by atoms with Crippen molar-refractivity contribution in [3.8, 4) is 0 Å². The number of nitrogens with one attached hydrogen (secondary N) is 1. The molecule has 0 spiro atoms. The van der Waals surface area contributed by atoms with Crippen LogP contribution < -0.4 is 5.32 Å². The van der Waals surface area contributed by atoms with Crippen LogP contribution in [0, 0.1) is 17.8 Å². The molecule has 92 valence electrons. The first-order valence-electron chi connectivity index (χ1n) is 6.05. The Kier molecular flexibility index (Phi) is 4.77. The van der Waals surface area contributed by atoms with Crippen molar-refractivity contribution in [2.45, 2.75) is 39.5 Å². The van der Waals surface area contributed by atoms with Gasteiger partial charge in [0.1, 0.15) is 0 Å². The van der Waals surface area contributed by atoms with Crippen molar-refractivity contribution >= 4 is 11.9 Å². The molecule has 1 fully saturated rings. The largest absolute Gasteiger partial charge is 0.481 e. The molecule has 0 aliphatic heterocycles. The summed E-state index contributed by atoms with van der Waals surface area (Å²) in [5.41, 5.74) is 0. The summed E-state index contributed by atoms with van der Waals surface area (Å²) in [6, 6.07) is 0. The minimum absolute atomic E-state index is 0.0315. The van der Waals surface area contributed by atoms with Crippen LogP contribution in [0.2, 0.25) is 0 Å². The zero-order valence-corrected chi connectivity index (χ0v) is 10.0. The highest BCUT2D eigenvalue weighted by molar-refractivity contribution is 5.80. The van der Waals surface area contributed by atoms with E-state index in [0.717, 1.165) is 6.42 Å². The molecule has 1 amide bonds. The number of rotatable bonds is 5. The van der Waals surface area contributed by atoms with Gasteiger partial charge in [0, 0.05) is 12.5 Å². The topological polar surface area (TPSA) is 66.4 Å². The summed E-state index contributed by atoms with van der Waals surface area (Å²) in [7, 11) is 0. The van der Waals surface area contributed by atoms with Gasteiger partial charge in [0.15, 0.2) is 0 Å². The van der Waals surface area contributed by atoms with Gasteiger partial charge in [-0.25, -0.2) is 0 Å². The number of carboxylic acid groups (broad SMARTS) is 1. The van der Waals surface area contributed by atoms with E-state index in [0.29, 0.717) is 31.7 Å². The van der Waals surface area contributed by atoms with Crippen molar-refractivity contribution in [1.82, 2.24) is 5.32 Å². The van der Waals surface area contributed by atoms with E-state index < -0.39 is 5.97 Å². The molecule has 3 atom stereocenters. The smallest absolute Gasteiger partial charge is 0.306 e. The molecule has 2 N–H and O–H groups in total. The second kappa shape index (κ2) is 5.87. The van der Waals surface area contributed by atoms with Gasteiger partial charge in [0.2, 0.25) is 5.91 Å². The van der Waals surface area contributed by atoms with Crippen molar-refractivity contribution in [2.24, 2.45) is 17.8 Å². The third-order valence-corrected chi connectivity index (χ3v) is 3.47. The normalized spacial score (nSPS) is 26.4. The number of aliphatic carboxylic acids is 1. The summed E-state index contributed by atoms with van der Waals surface area (Å²) in [6.07, 6.45) is 2.89. The molecule has 0 bridgehead atoms. The monoisotopic (exact) mass is 227 g/mol. The van der Waals surface area contributed by atoms with Crippen LogP contribution in [0.25, 0.3) is 0 Å². The Morgan fingerprint density at radius 2 is 2.00 bits per heavy atom. The van der Waals surface area contributed by atoms with E-state index in [4.69, 9.17) is 5.11 Å². The van der Waals surface area contributed by atoms with Crippen molar-refractivity contribution in [2.75, 3.05) is 6.54 Å². The Labute approximate surface area is 96.4 Å². The van der Waals surface area contributed by atoms with E-state index in [-0.39, 0.29) is 17.7 Å². The van der Waals surface area contributed by atoms with Gasteiger partial charge in [-0.15, -0.1) is 0 Å². The summed E-state index contributed by atoms with van der Waals surface area (Å²) < 4.78 is 0. The second-order valence-corrected chi connectivity index (χ2v) is 4.80. The minimum atomic E-state index is -0.766. The van der Waals surface area contributed by atoms with E-state index in [9.17, 15) is 9.59 Å². The molecular weight excluding hydrogens is 206 g/mol. The molecule has 1 rings (SSSR count). The highest BCUT2D eigenvalue weighted by Crippen LogP contribution is 2.31. The lowest BCUT2D eigenvalue weighted by molar-refractivity contribution is -0.141. The minimum Gasteiger partial charge on any atom is -0.481 e. The molecule has 0 saturated heterocycles. The second-order valence-electron chi connectivity index (χ2n) is 4.80. The predicted octanol–water partition coefficient (Wildman–Crippen LogP) is 1.65. The van der Waals surface area contributed by atoms with Crippen LogP contribution in [0.5, 0.6) is 0 Å². The molecule has 4 nitrogen and oxygen atoms in total. The fourth-order valence-corrected chi connectivity index (χ4v) is 2.01. The number of hydrogen-bond donors (Lipinski definition) is 2. The molecule has 0 aromatic carbocycles. The number of hydrogen-bond acceptors (Lipinski definition) is 2. The van der Waals surface area contributed by atoms with Crippen LogP contribution in [-0.4, -0.2) is 23.5 Å². The van der Waals surface area contributed by atoms with Crippen LogP contribution >= 0.6 is 0 Å². The lowest BCUT2D eigenvalue weighted by Gasteiger charge is -2.13. The molecular formula is C12H21NO3. The Balaban J connectivity index is 2.31. The van der Waals surface area contributed by atoms with Gasteiger partial charge in [-0.3, -0.25) is 9.59 Å². The molecule has 0 heterocycles. The molecule has 1 aliphatic rings. The molecule has 0 aromatic heterocycles. The lowest BCUT2D eigenvalue weighted by Crippen LogP contribution is -2.33. The van der Waals surface area contributed by atoms with Crippen LogP contribution in [0.15, 0.2) is 0 Å². The fourth-order valence-electron chi connectivity index (χ4n) is 2.01. The van der Waals surface area contributed by atoms with Gasteiger partial charge in [-0.2, -0.15) is 0 Å². The van der Waals surface area contributed by atoms with E-state index in [1.54, 1.807) is 0 Å². The van der Waals surface area contributed by atoms with Crippen LogP contribution in [-0.2, 0) is 9.59 Å². The maximum atomic E-state index is 11.7. The molecule has 4 heteroatoms. The molecule has 16 heavy (non-hydrogen) atoms. The number of carboxylic acids is 1. The predicted molar refractivity (Wildman–Crippen MR) is 60.9 cm³/mol. The van der Waals surface area contributed by atoms with E-state index in [2.05, 4.69) is 19.2 Å². The Morgan fingerprint density at radius 1 is 1.38 bits per heavy atom. The fraction of sp³-hybridized carbons (Fsp3) is 0.833. The lowest BCUT2D eigenvalue weighted by atomic mass is 10.0. The van der Waals surface area contributed by atoms with Crippen molar-refractivity contribution in [3.05, 3.63) is 0 Å². The highest BCUT2D eigenvalue weighted by Gasteiger charge is 2.33.